The van der Waals surface area contributed by atoms with E-state index < -0.39 is 0 Å². The molecule has 0 saturated carbocycles. The second kappa shape index (κ2) is 6.99. The van der Waals surface area contributed by atoms with Gasteiger partial charge in [0, 0.05) is 23.3 Å². The first-order chi connectivity index (χ1) is 11.2. The fourth-order valence-electron chi connectivity index (χ4n) is 2.31. The van der Waals surface area contributed by atoms with Crippen LogP contribution < -0.4 is 5.32 Å². The monoisotopic (exact) mass is 322 g/mol. The maximum absolute atomic E-state index is 9.13. The third-order valence-electron chi connectivity index (χ3n) is 3.46. The lowest BCUT2D eigenvalue weighted by Gasteiger charge is -2.07. The lowest BCUT2D eigenvalue weighted by molar-refractivity contribution is 0.686. The highest BCUT2D eigenvalue weighted by Crippen LogP contribution is 2.21. The Hall–Kier alpha value is -2.77. The molecular formula is C18H15ClN4. The van der Waals surface area contributed by atoms with E-state index in [1.165, 1.54) is 5.56 Å². The summed E-state index contributed by atoms with van der Waals surface area (Å²) in [4.78, 5) is 0. The Bertz CT molecular complexity index is 834. The van der Waals surface area contributed by atoms with Crippen molar-refractivity contribution < 1.29 is 0 Å². The quantitative estimate of drug-likeness (QED) is 0.770. The molecule has 0 fully saturated rings. The van der Waals surface area contributed by atoms with Gasteiger partial charge in [-0.25, -0.2) is 0 Å². The molecule has 2 aromatic carbocycles. The predicted octanol–water partition coefficient (Wildman–Crippen LogP) is 4.07. The van der Waals surface area contributed by atoms with Crippen LogP contribution in [0.3, 0.4) is 0 Å². The molecule has 23 heavy (non-hydrogen) atoms. The first-order valence-corrected chi connectivity index (χ1v) is 7.61. The number of nitrogens with zero attached hydrogens (tertiary/aromatic N) is 3. The minimum Gasteiger partial charge on any atom is -0.380 e. The lowest BCUT2D eigenvalue weighted by atomic mass is 10.2. The predicted molar refractivity (Wildman–Crippen MR) is 91.3 cm³/mol. The fraction of sp³-hybridized carbons (Fsp3) is 0.111. The largest absolute Gasteiger partial charge is 0.380 e. The normalized spacial score (nSPS) is 10.3. The second-order valence-electron chi connectivity index (χ2n) is 5.19. The number of anilines is 1. The highest BCUT2D eigenvalue weighted by atomic mass is 35.5. The van der Waals surface area contributed by atoms with Gasteiger partial charge >= 0.3 is 0 Å². The Kier molecular flexibility index (Phi) is 4.60. The van der Waals surface area contributed by atoms with Crippen molar-refractivity contribution in [2.24, 2.45) is 0 Å². The molecule has 4 nitrogen and oxygen atoms in total. The highest BCUT2D eigenvalue weighted by Gasteiger charge is 2.04. The van der Waals surface area contributed by atoms with Crippen LogP contribution >= 0.6 is 11.6 Å². The van der Waals surface area contributed by atoms with Crippen LogP contribution in [0, 0.1) is 11.3 Å². The van der Waals surface area contributed by atoms with Crippen LogP contribution in [0.15, 0.2) is 60.9 Å². The van der Waals surface area contributed by atoms with Gasteiger partial charge < -0.3 is 5.32 Å². The van der Waals surface area contributed by atoms with E-state index in [-0.39, 0.29) is 0 Å². The van der Waals surface area contributed by atoms with Crippen molar-refractivity contribution in [3.63, 3.8) is 0 Å². The number of benzene rings is 2. The number of hydrogen-bond donors (Lipinski definition) is 1. The van der Waals surface area contributed by atoms with Crippen LogP contribution in [-0.4, -0.2) is 9.78 Å². The Morgan fingerprint density at radius 2 is 1.96 bits per heavy atom. The van der Waals surface area contributed by atoms with E-state index in [1.54, 1.807) is 18.2 Å². The van der Waals surface area contributed by atoms with Gasteiger partial charge in [0.1, 0.15) is 6.07 Å². The topological polar surface area (TPSA) is 53.6 Å². The second-order valence-corrected chi connectivity index (χ2v) is 5.62. The Morgan fingerprint density at radius 1 is 1.13 bits per heavy atom. The standard InChI is InChI=1S/C18H15ClN4/c19-17-7-6-16(9-20)18(8-17)21-10-15-11-22-23(13-15)12-14-4-2-1-3-5-14/h1-8,11,13,21H,10,12H2. The van der Waals surface area contributed by atoms with Crippen LogP contribution in [0.2, 0.25) is 5.02 Å². The van der Waals surface area contributed by atoms with Crippen LogP contribution in [0.25, 0.3) is 0 Å². The van der Waals surface area contributed by atoms with Gasteiger partial charge in [-0.2, -0.15) is 10.4 Å². The van der Waals surface area contributed by atoms with Gasteiger partial charge in [-0.3, -0.25) is 4.68 Å². The summed E-state index contributed by atoms with van der Waals surface area (Å²) in [5.41, 5.74) is 3.56. The van der Waals surface area contributed by atoms with E-state index in [0.29, 0.717) is 17.1 Å². The molecule has 0 aliphatic carbocycles. The molecule has 0 spiro atoms. The first-order valence-electron chi connectivity index (χ1n) is 7.23. The summed E-state index contributed by atoms with van der Waals surface area (Å²) < 4.78 is 1.90. The molecule has 1 heterocycles. The van der Waals surface area contributed by atoms with Crippen LogP contribution in [0.4, 0.5) is 5.69 Å². The van der Waals surface area contributed by atoms with Crippen molar-refractivity contribution >= 4 is 17.3 Å². The van der Waals surface area contributed by atoms with E-state index in [9.17, 15) is 0 Å². The SMILES string of the molecule is N#Cc1ccc(Cl)cc1NCc1cnn(Cc2ccccc2)c1. The number of rotatable bonds is 5. The van der Waals surface area contributed by atoms with E-state index in [0.717, 1.165) is 17.8 Å². The number of nitriles is 1. The molecule has 0 bridgehead atoms. The van der Waals surface area contributed by atoms with Gasteiger partial charge in [0.25, 0.3) is 0 Å². The molecule has 3 aromatic rings. The molecule has 0 aliphatic rings. The molecule has 1 aromatic heterocycles. The van der Waals surface area contributed by atoms with Crippen LogP contribution in [0.1, 0.15) is 16.7 Å². The summed E-state index contributed by atoms with van der Waals surface area (Å²) >= 11 is 5.98. The van der Waals surface area contributed by atoms with Crippen molar-refractivity contribution in [3.8, 4) is 6.07 Å². The zero-order valence-corrected chi connectivity index (χ0v) is 13.2. The molecule has 3 rings (SSSR count). The van der Waals surface area contributed by atoms with Crippen LogP contribution in [0.5, 0.6) is 0 Å². The number of hydrogen-bond acceptors (Lipinski definition) is 3. The minimum absolute atomic E-state index is 0.575. The van der Waals surface area contributed by atoms with Crippen molar-refractivity contribution in [1.82, 2.24) is 9.78 Å². The third-order valence-corrected chi connectivity index (χ3v) is 3.69. The average Bonchev–Trinajstić information content (AvgIpc) is 3.01. The smallest absolute Gasteiger partial charge is 0.101 e. The average molecular weight is 323 g/mol. The molecule has 0 unspecified atom stereocenters. The van der Waals surface area contributed by atoms with Gasteiger partial charge in [-0.05, 0) is 23.8 Å². The molecule has 0 saturated heterocycles. The molecule has 0 aliphatic heterocycles. The van der Waals surface area contributed by atoms with Gasteiger partial charge in [-0.15, -0.1) is 0 Å². The van der Waals surface area contributed by atoms with E-state index >= 15 is 0 Å². The Labute approximate surface area is 139 Å². The molecular weight excluding hydrogens is 308 g/mol. The van der Waals surface area contributed by atoms with E-state index in [4.69, 9.17) is 16.9 Å². The molecule has 0 radical (unpaired) electrons. The number of nitrogens with one attached hydrogen (secondary N) is 1. The van der Waals surface area contributed by atoms with Gasteiger partial charge in [0.05, 0.1) is 24.0 Å². The summed E-state index contributed by atoms with van der Waals surface area (Å²) in [7, 11) is 0. The summed E-state index contributed by atoms with van der Waals surface area (Å²) in [6.45, 7) is 1.32. The van der Waals surface area contributed by atoms with Crippen molar-refractivity contribution in [2.45, 2.75) is 13.1 Å². The molecule has 114 valence electrons. The first kappa shape index (κ1) is 15.1. The molecule has 1 N–H and O–H groups in total. The Balaban J connectivity index is 1.66. The molecule has 5 heteroatoms. The zero-order chi connectivity index (χ0) is 16.1. The van der Waals surface area contributed by atoms with Crippen molar-refractivity contribution in [3.05, 3.63) is 82.6 Å². The zero-order valence-electron chi connectivity index (χ0n) is 12.4. The van der Waals surface area contributed by atoms with E-state index in [2.05, 4.69) is 28.6 Å². The van der Waals surface area contributed by atoms with Gasteiger partial charge in [-0.1, -0.05) is 41.9 Å². The Morgan fingerprint density at radius 3 is 2.74 bits per heavy atom. The summed E-state index contributed by atoms with van der Waals surface area (Å²) in [6, 6.07) is 17.5. The van der Waals surface area contributed by atoms with Gasteiger partial charge in [0.2, 0.25) is 0 Å². The number of aromatic nitrogens is 2. The van der Waals surface area contributed by atoms with Crippen LogP contribution in [-0.2, 0) is 13.1 Å². The maximum atomic E-state index is 9.13. The maximum Gasteiger partial charge on any atom is 0.101 e. The minimum atomic E-state index is 0.575. The van der Waals surface area contributed by atoms with Crippen molar-refractivity contribution in [2.75, 3.05) is 5.32 Å². The third kappa shape index (κ3) is 3.91. The van der Waals surface area contributed by atoms with Crippen molar-refractivity contribution in [1.29, 1.82) is 5.26 Å². The number of halogens is 1. The summed E-state index contributed by atoms with van der Waals surface area (Å²) in [6.07, 6.45) is 3.82. The molecule has 0 atom stereocenters. The fourth-order valence-corrected chi connectivity index (χ4v) is 2.48. The summed E-state index contributed by atoms with van der Waals surface area (Å²) in [5, 5.41) is 17.3. The van der Waals surface area contributed by atoms with E-state index in [1.807, 2.05) is 35.3 Å². The molecule has 0 amide bonds. The van der Waals surface area contributed by atoms with Gasteiger partial charge in [0.15, 0.2) is 0 Å². The summed E-state index contributed by atoms with van der Waals surface area (Å²) in [5.74, 6) is 0. The lowest BCUT2D eigenvalue weighted by Crippen LogP contribution is -2.01. The highest BCUT2D eigenvalue weighted by molar-refractivity contribution is 6.30.